The average molecular weight is 422 g/mol. The first-order chi connectivity index (χ1) is 15.7. The van der Waals surface area contributed by atoms with Crippen molar-refractivity contribution in [3.05, 3.63) is 107 Å². The van der Waals surface area contributed by atoms with Crippen LogP contribution in [-0.4, -0.2) is 26.7 Å². The predicted octanol–water partition coefficient (Wildman–Crippen LogP) is 5.03. The summed E-state index contributed by atoms with van der Waals surface area (Å²) in [5, 5.41) is 20.6. The largest absolute Gasteiger partial charge is 0.507 e. The van der Waals surface area contributed by atoms with Crippen LogP contribution in [0, 0.1) is 5.41 Å². The molecule has 0 amide bonds. The lowest BCUT2D eigenvalue weighted by atomic mass is 9.74. The Bertz CT molecular complexity index is 1230. The first-order valence-corrected chi connectivity index (χ1v) is 10.6. The van der Waals surface area contributed by atoms with E-state index in [0.29, 0.717) is 35.2 Å². The summed E-state index contributed by atoms with van der Waals surface area (Å²) < 4.78 is 0. The standard InChI is InChI=1S/C26H22N4O2/c27-26-24(25(32)17-7-2-1-3-8-17)22(18-9-5-13-28-15-18)23-20(11-4-12-21(23)31)30(26)19-10-6-14-29-16-19/h1-3,5-10,13-16,22,27,32H,4,11-12H2/b25-24+,27-26?. The van der Waals surface area contributed by atoms with Crippen molar-refractivity contribution in [1.82, 2.24) is 9.97 Å². The highest BCUT2D eigenvalue weighted by Gasteiger charge is 2.43. The number of carbonyl (C=O) groups excluding carboxylic acids is 1. The minimum absolute atomic E-state index is 0.0109. The van der Waals surface area contributed by atoms with Gasteiger partial charge in [-0.15, -0.1) is 0 Å². The van der Waals surface area contributed by atoms with Gasteiger partial charge in [0.25, 0.3) is 0 Å². The molecule has 32 heavy (non-hydrogen) atoms. The van der Waals surface area contributed by atoms with Crippen LogP contribution >= 0.6 is 0 Å². The van der Waals surface area contributed by atoms with Gasteiger partial charge in [-0.3, -0.25) is 25.1 Å². The Balaban J connectivity index is 1.83. The number of ketones is 1. The number of aromatic nitrogens is 2. The molecule has 0 bridgehead atoms. The topological polar surface area (TPSA) is 90.2 Å². The second-order valence-corrected chi connectivity index (χ2v) is 7.88. The first kappa shape index (κ1) is 19.9. The van der Waals surface area contributed by atoms with E-state index in [4.69, 9.17) is 0 Å². The van der Waals surface area contributed by atoms with Crippen LogP contribution in [0.2, 0.25) is 0 Å². The van der Waals surface area contributed by atoms with E-state index in [1.807, 2.05) is 36.4 Å². The van der Waals surface area contributed by atoms with E-state index >= 15 is 0 Å². The molecule has 2 aromatic heterocycles. The number of benzene rings is 1. The number of allylic oxidation sites excluding steroid dienone is 2. The van der Waals surface area contributed by atoms with Gasteiger partial charge in [0.2, 0.25) is 0 Å². The molecule has 6 heteroatoms. The van der Waals surface area contributed by atoms with Crippen LogP contribution in [0.5, 0.6) is 0 Å². The van der Waals surface area contributed by atoms with Crippen molar-refractivity contribution in [3.8, 4) is 0 Å². The van der Waals surface area contributed by atoms with Crippen LogP contribution in [0.3, 0.4) is 0 Å². The molecular weight excluding hydrogens is 400 g/mol. The minimum atomic E-state index is -0.563. The van der Waals surface area contributed by atoms with Crippen molar-refractivity contribution in [1.29, 1.82) is 5.41 Å². The number of hydrogen-bond donors (Lipinski definition) is 2. The van der Waals surface area contributed by atoms with Crippen LogP contribution in [0.15, 0.2) is 96.2 Å². The maximum Gasteiger partial charge on any atom is 0.161 e. The van der Waals surface area contributed by atoms with E-state index in [2.05, 4.69) is 9.97 Å². The summed E-state index contributed by atoms with van der Waals surface area (Å²) in [6, 6.07) is 16.5. The summed E-state index contributed by atoms with van der Waals surface area (Å²) in [4.78, 5) is 23.6. The molecule has 0 saturated heterocycles. The van der Waals surface area contributed by atoms with E-state index in [9.17, 15) is 15.3 Å². The SMILES string of the molecule is N=C1/C(=C(/O)c2ccccc2)C(c2cccnc2)C2=C(CCCC2=O)N1c1cccnc1. The number of amidine groups is 1. The Morgan fingerprint density at radius 1 is 0.969 bits per heavy atom. The molecule has 0 radical (unpaired) electrons. The molecule has 3 aromatic rings. The third-order valence-corrected chi connectivity index (χ3v) is 5.98. The summed E-state index contributed by atoms with van der Waals surface area (Å²) >= 11 is 0. The fourth-order valence-corrected chi connectivity index (χ4v) is 4.59. The number of carbonyl (C=O) groups is 1. The van der Waals surface area contributed by atoms with Crippen molar-refractivity contribution in [2.24, 2.45) is 0 Å². The van der Waals surface area contributed by atoms with Gasteiger partial charge < -0.3 is 5.11 Å². The molecule has 0 spiro atoms. The molecule has 1 atom stereocenters. The van der Waals surface area contributed by atoms with Gasteiger partial charge in [0.15, 0.2) is 5.78 Å². The van der Waals surface area contributed by atoms with E-state index in [1.54, 1.807) is 47.9 Å². The quantitative estimate of drug-likeness (QED) is 0.578. The Kier molecular flexibility index (Phi) is 5.11. The molecule has 0 saturated carbocycles. The molecule has 1 aliphatic carbocycles. The van der Waals surface area contributed by atoms with Crippen LogP contribution < -0.4 is 4.90 Å². The van der Waals surface area contributed by atoms with Crippen LogP contribution in [0.1, 0.15) is 36.3 Å². The summed E-state index contributed by atoms with van der Waals surface area (Å²) in [6.45, 7) is 0. The van der Waals surface area contributed by atoms with Gasteiger partial charge in [-0.2, -0.15) is 0 Å². The first-order valence-electron chi connectivity index (χ1n) is 10.6. The smallest absolute Gasteiger partial charge is 0.161 e. The minimum Gasteiger partial charge on any atom is -0.507 e. The highest BCUT2D eigenvalue weighted by molar-refractivity contribution is 6.19. The second kappa shape index (κ2) is 8.23. The van der Waals surface area contributed by atoms with Gasteiger partial charge in [-0.05, 0) is 36.6 Å². The summed E-state index contributed by atoms with van der Waals surface area (Å²) in [5.74, 6) is -0.392. The number of aliphatic hydroxyl groups is 1. The van der Waals surface area contributed by atoms with Gasteiger partial charge in [0.1, 0.15) is 11.6 Å². The van der Waals surface area contributed by atoms with Crippen molar-refractivity contribution >= 4 is 23.1 Å². The van der Waals surface area contributed by atoms with E-state index < -0.39 is 5.92 Å². The zero-order valence-corrected chi connectivity index (χ0v) is 17.4. The average Bonchev–Trinajstić information content (AvgIpc) is 2.85. The number of hydrogen-bond acceptors (Lipinski definition) is 5. The lowest BCUT2D eigenvalue weighted by molar-refractivity contribution is -0.116. The third-order valence-electron chi connectivity index (χ3n) is 5.98. The lowest BCUT2D eigenvalue weighted by Crippen LogP contribution is -2.42. The number of anilines is 1. The van der Waals surface area contributed by atoms with Crippen LogP contribution in [0.4, 0.5) is 5.69 Å². The fourth-order valence-electron chi connectivity index (χ4n) is 4.59. The Hall–Kier alpha value is -4.06. The van der Waals surface area contributed by atoms with Gasteiger partial charge >= 0.3 is 0 Å². The van der Waals surface area contributed by atoms with Crippen LogP contribution in [-0.2, 0) is 4.79 Å². The molecule has 2 aliphatic rings. The Morgan fingerprint density at radius 3 is 2.41 bits per heavy atom. The molecule has 1 unspecified atom stereocenters. The summed E-state index contributed by atoms with van der Waals surface area (Å²) in [6.07, 6.45) is 8.60. The van der Waals surface area contributed by atoms with Gasteiger partial charge in [-0.25, -0.2) is 0 Å². The van der Waals surface area contributed by atoms with Gasteiger partial charge in [-0.1, -0.05) is 36.4 Å². The van der Waals surface area contributed by atoms with E-state index in [-0.39, 0.29) is 17.4 Å². The number of nitrogens with zero attached hydrogens (tertiary/aromatic N) is 3. The summed E-state index contributed by atoms with van der Waals surface area (Å²) in [7, 11) is 0. The zero-order chi connectivity index (χ0) is 22.1. The van der Waals surface area contributed by atoms with Gasteiger partial charge in [0, 0.05) is 53.3 Å². The fraction of sp³-hybridized carbons (Fsp3) is 0.154. The highest BCUT2D eigenvalue weighted by Crippen LogP contribution is 2.47. The zero-order valence-electron chi connectivity index (χ0n) is 17.4. The number of Topliss-reactive ketones (excluding diaryl/α,β-unsaturated/α-hetero) is 1. The maximum atomic E-state index is 13.3. The number of rotatable bonds is 3. The Morgan fingerprint density at radius 2 is 1.72 bits per heavy atom. The number of aliphatic hydroxyl groups excluding tert-OH is 1. The lowest BCUT2D eigenvalue weighted by Gasteiger charge is -2.41. The molecule has 2 N–H and O–H groups in total. The van der Waals surface area contributed by atoms with Crippen molar-refractivity contribution < 1.29 is 9.90 Å². The van der Waals surface area contributed by atoms with E-state index in [0.717, 1.165) is 17.7 Å². The molecule has 5 rings (SSSR count). The Labute approximate surface area is 186 Å². The van der Waals surface area contributed by atoms with Crippen molar-refractivity contribution in [2.45, 2.75) is 25.2 Å². The second-order valence-electron chi connectivity index (χ2n) is 7.88. The molecule has 6 nitrogen and oxygen atoms in total. The summed E-state index contributed by atoms with van der Waals surface area (Å²) in [5.41, 5.74) is 3.90. The predicted molar refractivity (Wildman–Crippen MR) is 123 cm³/mol. The van der Waals surface area contributed by atoms with Crippen molar-refractivity contribution in [3.63, 3.8) is 0 Å². The monoisotopic (exact) mass is 422 g/mol. The molecule has 0 fully saturated rings. The molecule has 1 aromatic carbocycles. The van der Waals surface area contributed by atoms with Crippen LogP contribution in [0.25, 0.3) is 5.76 Å². The number of nitrogens with one attached hydrogen (secondary N) is 1. The normalized spacial score (nSPS) is 20.2. The van der Waals surface area contributed by atoms with Gasteiger partial charge in [0.05, 0.1) is 11.9 Å². The van der Waals surface area contributed by atoms with Crippen molar-refractivity contribution in [2.75, 3.05) is 4.90 Å². The third kappa shape index (κ3) is 3.30. The maximum absolute atomic E-state index is 13.3. The highest BCUT2D eigenvalue weighted by atomic mass is 16.3. The molecule has 158 valence electrons. The molecule has 3 heterocycles. The molecular formula is C26H22N4O2. The van der Waals surface area contributed by atoms with E-state index in [1.165, 1.54) is 0 Å². The molecule has 1 aliphatic heterocycles. The number of pyridine rings is 2.